The van der Waals surface area contributed by atoms with Gasteiger partial charge in [0.2, 0.25) is 0 Å². The number of ether oxygens (including phenoxy) is 1. The van der Waals surface area contributed by atoms with Crippen molar-refractivity contribution in [3.8, 4) is 5.75 Å². The van der Waals surface area contributed by atoms with Crippen LogP contribution < -0.4 is 10.5 Å². The summed E-state index contributed by atoms with van der Waals surface area (Å²) >= 11 is 12.2. The lowest BCUT2D eigenvalue weighted by atomic mass is 9.99. The Morgan fingerprint density at radius 3 is 2.58 bits per heavy atom. The molecule has 2 aromatic rings. The third kappa shape index (κ3) is 3.63. The number of nitrogens with two attached hydrogens (primary N) is 1. The van der Waals surface area contributed by atoms with Gasteiger partial charge in [0.1, 0.15) is 5.75 Å². The Bertz CT molecular complexity index is 572. The molecule has 1 atom stereocenters. The van der Waals surface area contributed by atoms with Gasteiger partial charge < -0.3 is 10.5 Å². The van der Waals surface area contributed by atoms with Crippen molar-refractivity contribution in [3.05, 3.63) is 63.6 Å². The number of methoxy groups -OCH3 is 1. The molecule has 0 saturated carbocycles. The first-order valence-electron chi connectivity index (χ1n) is 5.93. The third-order valence-corrected chi connectivity index (χ3v) is 3.51. The maximum atomic E-state index is 6.21. The molecule has 0 aliphatic carbocycles. The maximum absolute atomic E-state index is 6.21. The van der Waals surface area contributed by atoms with Crippen LogP contribution >= 0.6 is 23.2 Å². The Morgan fingerprint density at radius 2 is 1.95 bits per heavy atom. The fourth-order valence-corrected chi connectivity index (χ4v) is 2.49. The summed E-state index contributed by atoms with van der Waals surface area (Å²) in [6.45, 7) is 0. The molecule has 0 fully saturated rings. The lowest BCUT2D eigenvalue weighted by Crippen LogP contribution is -2.13. The number of hydrogen-bond donors (Lipinski definition) is 1. The quantitative estimate of drug-likeness (QED) is 0.915. The molecule has 2 nitrogen and oxygen atoms in total. The highest BCUT2D eigenvalue weighted by Gasteiger charge is 2.12. The van der Waals surface area contributed by atoms with E-state index in [2.05, 4.69) is 0 Å². The highest BCUT2D eigenvalue weighted by atomic mass is 35.5. The van der Waals surface area contributed by atoms with Gasteiger partial charge in [0, 0.05) is 16.1 Å². The summed E-state index contributed by atoms with van der Waals surface area (Å²) in [4.78, 5) is 0. The Kier molecular flexibility index (Phi) is 4.70. The van der Waals surface area contributed by atoms with Crippen molar-refractivity contribution in [1.82, 2.24) is 0 Å². The van der Waals surface area contributed by atoms with Gasteiger partial charge in [0.25, 0.3) is 0 Å². The van der Waals surface area contributed by atoms with Crippen LogP contribution in [0.1, 0.15) is 17.2 Å². The summed E-state index contributed by atoms with van der Waals surface area (Å²) in [7, 11) is 1.61. The molecular weight excluding hydrogens is 281 g/mol. The van der Waals surface area contributed by atoms with Crippen molar-refractivity contribution >= 4 is 23.2 Å². The molecule has 0 heterocycles. The molecule has 0 bridgehead atoms. The summed E-state index contributed by atoms with van der Waals surface area (Å²) < 4.78 is 5.12. The van der Waals surface area contributed by atoms with Crippen LogP contribution in [0.4, 0.5) is 0 Å². The summed E-state index contributed by atoms with van der Waals surface area (Å²) in [6, 6.07) is 13.0. The minimum Gasteiger partial charge on any atom is -0.497 e. The second-order valence-electron chi connectivity index (χ2n) is 4.33. The lowest BCUT2D eigenvalue weighted by Gasteiger charge is -2.15. The van der Waals surface area contributed by atoms with Crippen LogP contribution in [0.5, 0.6) is 5.75 Å². The maximum Gasteiger partial charge on any atom is 0.120 e. The predicted octanol–water partition coefficient (Wildman–Crippen LogP) is 4.24. The van der Waals surface area contributed by atoms with Gasteiger partial charge in [-0.25, -0.2) is 0 Å². The van der Waals surface area contributed by atoms with E-state index in [1.807, 2.05) is 36.4 Å². The van der Waals surface area contributed by atoms with Crippen molar-refractivity contribution in [3.63, 3.8) is 0 Å². The predicted molar refractivity (Wildman–Crippen MR) is 80.1 cm³/mol. The lowest BCUT2D eigenvalue weighted by molar-refractivity contribution is 0.414. The fourth-order valence-electron chi connectivity index (χ4n) is 1.96. The average molecular weight is 296 g/mol. The van der Waals surface area contributed by atoms with Crippen molar-refractivity contribution in [2.45, 2.75) is 12.5 Å². The molecular formula is C15H15Cl2NO. The third-order valence-electron chi connectivity index (χ3n) is 2.95. The normalized spacial score (nSPS) is 12.2. The minimum atomic E-state index is -0.170. The van der Waals surface area contributed by atoms with Crippen LogP contribution in [0, 0.1) is 0 Å². The van der Waals surface area contributed by atoms with Gasteiger partial charge in [-0.3, -0.25) is 0 Å². The van der Waals surface area contributed by atoms with E-state index in [9.17, 15) is 0 Å². The Balaban J connectivity index is 2.18. The van der Waals surface area contributed by atoms with E-state index in [1.165, 1.54) is 0 Å². The second-order valence-corrected chi connectivity index (χ2v) is 5.17. The molecule has 4 heteroatoms. The SMILES string of the molecule is COc1ccc(C(N)Cc2cccc(Cl)c2)c(Cl)c1. The topological polar surface area (TPSA) is 35.2 Å². The minimum absolute atomic E-state index is 0.170. The zero-order valence-corrected chi connectivity index (χ0v) is 12.1. The molecule has 0 aliphatic rings. The van der Waals surface area contributed by atoms with Crippen molar-refractivity contribution < 1.29 is 4.74 Å². The van der Waals surface area contributed by atoms with Gasteiger partial charge >= 0.3 is 0 Å². The highest BCUT2D eigenvalue weighted by Crippen LogP contribution is 2.28. The first-order chi connectivity index (χ1) is 9.10. The van der Waals surface area contributed by atoms with Gasteiger partial charge in [-0.05, 0) is 41.8 Å². The number of rotatable bonds is 4. The van der Waals surface area contributed by atoms with E-state index in [-0.39, 0.29) is 6.04 Å². The number of hydrogen-bond acceptors (Lipinski definition) is 2. The Labute approximate surface area is 123 Å². The molecule has 0 amide bonds. The zero-order chi connectivity index (χ0) is 13.8. The molecule has 1 unspecified atom stereocenters. The standard InChI is InChI=1S/C15H15Cl2NO/c1-19-12-5-6-13(14(17)9-12)15(18)8-10-3-2-4-11(16)7-10/h2-7,9,15H,8,18H2,1H3. The van der Waals surface area contributed by atoms with Gasteiger partial charge in [0.15, 0.2) is 0 Å². The smallest absolute Gasteiger partial charge is 0.120 e. The largest absolute Gasteiger partial charge is 0.497 e. The van der Waals surface area contributed by atoms with Gasteiger partial charge in [0.05, 0.1) is 7.11 Å². The van der Waals surface area contributed by atoms with Gasteiger partial charge in [-0.15, -0.1) is 0 Å². The summed E-state index contributed by atoms with van der Waals surface area (Å²) in [5.74, 6) is 0.726. The highest BCUT2D eigenvalue weighted by molar-refractivity contribution is 6.31. The van der Waals surface area contributed by atoms with Crippen LogP contribution in [-0.2, 0) is 6.42 Å². The van der Waals surface area contributed by atoms with E-state index in [0.717, 1.165) is 16.9 Å². The fraction of sp³-hybridized carbons (Fsp3) is 0.200. The molecule has 2 aromatic carbocycles. The Hall–Kier alpha value is -1.22. The van der Waals surface area contributed by atoms with E-state index >= 15 is 0 Å². The van der Waals surface area contributed by atoms with E-state index in [1.54, 1.807) is 13.2 Å². The van der Waals surface area contributed by atoms with Crippen molar-refractivity contribution in [1.29, 1.82) is 0 Å². The molecule has 0 aliphatic heterocycles. The molecule has 19 heavy (non-hydrogen) atoms. The first kappa shape index (κ1) is 14.2. The van der Waals surface area contributed by atoms with E-state index in [4.69, 9.17) is 33.7 Å². The van der Waals surface area contributed by atoms with Crippen LogP contribution in [-0.4, -0.2) is 7.11 Å². The zero-order valence-electron chi connectivity index (χ0n) is 10.6. The molecule has 2 N–H and O–H groups in total. The van der Waals surface area contributed by atoms with Gasteiger partial charge in [-0.1, -0.05) is 41.4 Å². The van der Waals surface area contributed by atoms with Crippen LogP contribution in [0.3, 0.4) is 0 Å². The second kappa shape index (κ2) is 6.29. The molecule has 0 saturated heterocycles. The summed E-state index contributed by atoms with van der Waals surface area (Å²) in [5, 5.41) is 1.33. The van der Waals surface area contributed by atoms with Crippen LogP contribution in [0.25, 0.3) is 0 Å². The molecule has 0 radical (unpaired) electrons. The van der Waals surface area contributed by atoms with Crippen LogP contribution in [0.15, 0.2) is 42.5 Å². The number of benzene rings is 2. The van der Waals surface area contributed by atoms with E-state index in [0.29, 0.717) is 16.5 Å². The monoisotopic (exact) mass is 295 g/mol. The average Bonchev–Trinajstić information content (AvgIpc) is 2.38. The van der Waals surface area contributed by atoms with Crippen molar-refractivity contribution in [2.75, 3.05) is 7.11 Å². The van der Waals surface area contributed by atoms with Crippen molar-refractivity contribution in [2.24, 2.45) is 5.73 Å². The Morgan fingerprint density at radius 1 is 1.16 bits per heavy atom. The summed E-state index contributed by atoms with van der Waals surface area (Å²) in [5.41, 5.74) is 8.20. The van der Waals surface area contributed by atoms with E-state index < -0.39 is 0 Å². The molecule has 0 spiro atoms. The number of halogens is 2. The first-order valence-corrected chi connectivity index (χ1v) is 6.69. The van der Waals surface area contributed by atoms with Crippen LogP contribution in [0.2, 0.25) is 10.0 Å². The van der Waals surface area contributed by atoms with Gasteiger partial charge in [-0.2, -0.15) is 0 Å². The molecule has 100 valence electrons. The molecule has 2 rings (SSSR count). The molecule has 0 aromatic heterocycles. The summed E-state index contributed by atoms with van der Waals surface area (Å²) in [6.07, 6.45) is 0.687.